The largest absolute Gasteiger partial charge is 0.377 e. The number of nitrogens with zero attached hydrogens (tertiary/aromatic N) is 1. The van der Waals surface area contributed by atoms with Gasteiger partial charge in [0.2, 0.25) is 0 Å². The number of rotatable bonds is 5. The molecule has 0 aromatic carbocycles. The van der Waals surface area contributed by atoms with Gasteiger partial charge in [-0.05, 0) is 6.42 Å². The van der Waals surface area contributed by atoms with E-state index >= 15 is 0 Å². The van der Waals surface area contributed by atoms with E-state index in [0.717, 1.165) is 17.1 Å². The first-order chi connectivity index (χ1) is 6.26. The summed E-state index contributed by atoms with van der Waals surface area (Å²) in [7, 11) is 1.53. The van der Waals surface area contributed by atoms with Crippen LogP contribution in [0.1, 0.15) is 17.6 Å². The van der Waals surface area contributed by atoms with E-state index in [-0.39, 0.29) is 12.4 Å². The van der Waals surface area contributed by atoms with Crippen molar-refractivity contribution in [3.63, 3.8) is 0 Å². The highest BCUT2D eigenvalue weighted by Gasteiger charge is 2.06. The molecule has 1 rings (SSSR count). The van der Waals surface area contributed by atoms with Crippen molar-refractivity contribution < 1.29 is 9.53 Å². The second-order valence-electron chi connectivity index (χ2n) is 2.73. The van der Waals surface area contributed by atoms with Crippen LogP contribution in [0.2, 0.25) is 0 Å². The van der Waals surface area contributed by atoms with Crippen molar-refractivity contribution >= 4 is 17.1 Å². The number of thiazole rings is 1. The molecule has 4 heteroatoms. The van der Waals surface area contributed by atoms with E-state index in [1.807, 2.05) is 5.38 Å². The Bertz CT molecular complexity index is 283. The number of carbonyl (C=O) groups is 1. The lowest BCUT2D eigenvalue weighted by atomic mass is 10.3. The molecule has 0 aliphatic heterocycles. The van der Waals surface area contributed by atoms with Crippen LogP contribution in [0.25, 0.3) is 0 Å². The lowest BCUT2D eigenvalue weighted by Crippen LogP contribution is -2.09. The third-order valence-corrected chi connectivity index (χ3v) is 2.51. The average molecular weight is 199 g/mol. The molecule has 0 saturated heterocycles. The zero-order valence-electron chi connectivity index (χ0n) is 7.87. The monoisotopic (exact) mass is 199 g/mol. The van der Waals surface area contributed by atoms with Gasteiger partial charge >= 0.3 is 0 Å². The number of hydrogen-bond donors (Lipinski definition) is 0. The minimum Gasteiger partial charge on any atom is -0.377 e. The van der Waals surface area contributed by atoms with Crippen LogP contribution in [-0.2, 0) is 22.4 Å². The number of carbonyl (C=O) groups excluding carboxylic acids is 1. The molecule has 0 amide bonds. The van der Waals surface area contributed by atoms with Crippen molar-refractivity contribution in [2.45, 2.75) is 19.8 Å². The standard InChI is InChI=1S/C9H13NO2S/c1-3-7-6-13-9(10-7)4-8(11)5-12-2/h6H,3-5H2,1-2H3. The number of ketones is 1. The van der Waals surface area contributed by atoms with E-state index in [0.29, 0.717) is 6.42 Å². The van der Waals surface area contributed by atoms with Gasteiger partial charge in [-0.25, -0.2) is 4.98 Å². The summed E-state index contributed by atoms with van der Waals surface area (Å²) in [6, 6.07) is 0. The highest BCUT2D eigenvalue weighted by atomic mass is 32.1. The summed E-state index contributed by atoms with van der Waals surface area (Å²) in [5.74, 6) is 0.0829. The van der Waals surface area contributed by atoms with Crippen molar-refractivity contribution in [3.05, 3.63) is 16.1 Å². The van der Waals surface area contributed by atoms with Crippen molar-refractivity contribution in [2.75, 3.05) is 13.7 Å². The molecule has 0 saturated carbocycles. The molecular weight excluding hydrogens is 186 g/mol. The summed E-state index contributed by atoms with van der Waals surface area (Å²) in [6.07, 6.45) is 1.33. The number of aromatic nitrogens is 1. The summed E-state index contributed by atoms with van der Waals surface area (Å²) in [6.45, 7) is 2.23. The summed E-state index contributed by atoms with van der Waals surface area (Å²) in [5, 5.41) is 2.88. The summed E-state index contributed by atoms with van der Waals surface area (Å²) >= 11 is 1.54. The van der Waals surface area contributed by atoms with Crippen molar-refractivity contribution in [1.29, 1.82) is 0 Å². The SMILES string of the molecule is CCc1csc(CC(=O)COC)n1. The number of ether oxygens (including phenoxy) is 1. The van der Waals surface area contributed by atoms with Gasteiger partial charge < -0.3 is 4.74 Å². The molecule has 3 nitrogen and oxygen atoms in total. The molecule has 1 heterocycles. The van der Waals surface area contributed by atoms with Gasteiger partial charge in [-0.15, -0.1) is 11.3 Å². The molecule has 0 fully saturated rings. The lowest BCUT2D eigenvalue weighted by Gasteiger charge is -1.94. The van der Waals surface area contributed by atoms with E-state index in [1.54, 1.807) is 11.3 Å². The van der Waals surface area contributed by atoms with Gasteiger partial charge in [0, 0.05) is 12.5 Å². The predicted molar refractivity (Wildman–Crippen MR) is 52.1 cm³/mol. The normalized spacial score (nSPS) is 10.3. The third kappa shape index (κ3) is 3.24. The molecule has 72 valence electrons. The number of Topliss-reactive ketones (excluding diaryl/α,β-unsaturated/α-hetero) is 1. The molecule has 1 aromatic heterocycles. The van der Waals surface area contributed by atoms with E-state index in [9.17, 15) is 4.79 Å². The third-order valence-electron chi connectivity index (χ3n) is 1.62. The second-order valence-corrected chi connectivity index (χ2v) is 3.68. The number of hydrogen-bond acceptors (Lipinski definition) is 4. The van der Waals surface area contributed by atoms with Crippen LogP contribution in [0.5, 0.6) is 0 Å². The van der Waals surface area contributed by atoms with Crippen LogP contribution in [0, 0.1) is 0 Å². The van der Waals surface area contributed by atoms with E-state index < -0.39 is 0 Å². The summed E-state index contributed by atoms with van der Waals surface area (Å²) < 4.78 is 4.74. The van der Waals surface area contributed by atoms with Crippen LogP contribution < -0.4 is 0 Å². The van der Waals surface area contributed by atoms with Gasteiger partial charge in [0.1, 0.15) is 11.6 Å². The molecule has 0 aliphatic carbocycles. The summed E-state index contributed by atoms with van der Waals surface area (Å²) in [4.78, 5) is 15.4. The molecule has 0 radical (unpaired) electrons. The first-order valence-corrected chi connectivity index (χ1v) is 5.08. The Balaban J connectivity index is 2.49. The maximum Gasteiger partial charge on any atom is 0.165 e. The molecule has 0 aliphatic rings. The lowest BCUT2D eigenvalue weighted by molar-refractivity contribution is -0.121. The zero-order chi connectivity index (χ0) is 9.68. The van der Waals surface area contributed by atoms with Crippen LogP contribution in [0.3, 0.4) is 0 Å². The zero-order valence-corrected chi connectivity index (χ0v) is 8.69. The molecule has 0 unspecified atom stereocenters. The Morgan fingerprint density at radius 2 is 2.46 bits per heavy atom. The van der Waals surface area contributed by atoms with Gasteiger partial charge in [0.05, 0.1) is 12.1 Å². The van der Waals surface area contributed by atoms with E-state index in [4.69, 9.17) is 4.74 Å². The minimum atomic E-state index is 0.0829. The van der Waals surface area contributed by atoms with Gasteiger partial charge in [0.25, 0.3) is 0 Å². The first kappa shape index (κ1) is 10.3. The average Bonchev–Trinajstić information content (AvgIpc) is 2.52. The van der Waals surface area contributed by atoms with Crippen LogP contribution in [-0.4, -0.2) is 24.5 Å². The van der Waals surface area contributed by atoms with Gasteiger partial charge in [-0.1, -0.05) is 6.92 Å². The smallest absolute Gasteiger partial charge is 0.165 e. The van der Waals surface area contributed by atoms with E-state index in [1.165, 1.54) is 7.11 Å². The van der Waals surface area contributed by atoms with Gasteiger partial charge in [0.15, 0.2) is 5.78 Å². The molecule has 0 spiro atoms. The molecule has 1 aromatic rings. The van der Waals surface area contributed by atoms with Crippen molar-refractivity contribution in [1.82, 2.24) is 4.98 Å². The Morgan fingerprint density at radius 3 is 3.00 bits per heavy atom. The quantitative estimate of drug-likeness (QED) is 0.720. The topological polar surface area (TPSA) is 39.2 Å². The highest BCUT2D eigenvalue weighted by molar-refractivity contribution is 7.09. The van der Waals surface area contributed by atoms with Crippen molar-refractivity contribution in [2.24, 2.45) is 0 Å². The summed E-state index contributed by atoms with van der Waals surface area (Å²) in [5.41, 5.74) is 1.06. The molecule has 13 heavy (non-hydrogen) atoms. The fraction of sp³-hybridized carbons (Fsp3) is 0.556. The van der Waals surface area contributed by atoms with E-state index in [2.05, 4.69) is 11.9 Å². The molecule has 0 bridgehead atoms. The van der Waals surface area contributed by atoms with Crippen LogP contribution in [0.4, 0.5) is 0 Å². The van der Waals surface area contributed by atoms with Crippen molar-refractivity contribution in [3.8, 4) is 0 Å². The predicted octanol–water partition coefficient (Wildman–Crippen LogP) is 1.46. The number of methoxy groups -OCH3 is 1. The minimum absolute atomic E-state index is 0.0829. The first-order valence-electron chi connectivity index (χ1n) is 4.20. The molecular formula is C9H13NO2S. The Hall–Kier alpha value is -0.740. The Labute approximate surface area is 81.8 Å². The maximum absolute atomic E-state index is 11.2. The van der Waals surface area contributed by atoms with Gasteiger partial charge in [-0.3, -0.25) is 4.79 Å². The Kier molecular flexibility index (Phi) is 4.05. The van der Waals surface area contributed by atoms with Gasteiger partial charge in [-0.2, -0.15) is 0 Å². The second kappa shape index (κ2) is 5.09. The fourth-order valence-corrected chi connectivity index (χ4v) is 1.88. The maximum atomic E-state index is 11.2. The van der Waals surface area contributed by atoms with Crippen LogP contribution >= 0.6 is 11.3 Å². The highest BCUT2D eigenvalue weighted by Crippen LogP contribution is 2.10. The molecule has 0 atom stereocenters. The fourth-order valence-electron chi connectivity index (χ4n) is 0.973. The molecule has 0 N–H and O–H groups in total. The Morgan fingerprint density at radius 1 is 1.69 bits per heavy atom. The number of aryl methyl sites for hydroxylation is 1. The van der Waals surface area contributed by atoms with Crippen LogP contribution in [0.15, 0.2) is 5.38 Å².